The zero-order valence-corrected chi connectivity index (χ0v) is 7.52. The molecule has 0 fully saturated rings. The maximum Gasteiger partial charge on any atom is 0.164 e. The van der Waals surface area contributed by atoms with Crippen molar-refractivity contribution in [2.24, 2.45) is 0 Å². The Morgan fingerprint density at radius 3 is 2.50 bits per heavy atom. The summed E-state index contributed by atoms with van der Waals surface area (Å²) in [7, 11) is -0.165. The van der Waals surface area contributed by atoms with E-state index in [4.69, 9.17) is 4.43 Å². The van der Waals surface area contributed by atoms with E-state index in [1.54, 1.807) is 0 Å². The van der Waals surface area contributed by atoms with E-state index < -0.39 is 0 Å². The first-order chi connectivity index (χ1) is 3.77. The summed E-state index contributed by atoms with van der Waals surface area (Å²) in [5.74, 6) is 0. The molecule has 0 amide bonds. The maximum atomic E-state index is 5.38. The molecule has 0 spiro atoms. The van der Waals surface area contributed by atoms with E-state index in [1.165, 1.54) is 6.42 Å². The molecular weight excluding hydrogens is 116 g/mol. The largest absolute Gasteiger partial charge is 0.424 e. The molecule has 0 aliphatic heterocycles. The highest BCUT2D eigenvalue weighted by atomic mass is 28.2. The summed E-state index contributed by atoms with van der Waals surface area (Å²) in [6.07, 6.45) is 1.17. The van der Waals surface area contributed by atoms with Crippen LogP contribution in [0.3, 0.4) is 0 Å². The molecule has 2 heteroatoms. The van der Waals surface area contributed by atoms with E-state index in [2.05, 4.69) is 20.8 Å². The first-order valence-corrected chi connectivity index (χ1v) is 4.74. The predicted molar refractivity (Wildman–Crippen MR) is 39.9 cm³/mol. The first kappa shape index (κ1) is 8.18. The molecule has 0 bridgehead atoms. The lowest BCUT2D eigenvalue weighted by Crippen LogP contribution is -2.02. The average molecular weight is 132 g/mol. The molecule has 0 aromatic rings. The fourth-order valence-corrected chi connectivity index (χ4v) is 1.39. The summed E-state index contributed by atoms with van der Waals surface area (Å²) in [5, 5.41) is 0. The highest BCUT2D eigenvalue weighted by molar-refractivity contribution is 6.29. The molecular formula is C6H16OSi. The SMILES string of the molecule is CCCO[SiH2]C(C)C. The van der Waals surface area contributed by atoms with Crippen molar-refractivity contribution in [1.29, 1.82) is 0 Å². The van der Waals surface area contributed by atoms with Gasteiger partial charge in [-0.1, -0.05) is 20.8 Å². The van der Waals surface area contributed by atoms with Crippen LogP contribution in [0.2, 0.25) is 5.54 Å². The van der Waals surface area contributed by atoms with Crippen LogP contribution in [0.5, 0.6) is 0 Å². The molecule has 0 rings (SSSR count). The lowest BCUT2D eigenvalue weighted by Gasteiger charge is -2.02. The molecule has 8 heavy (non-hydrogen) atoms. The van der Waals surface area contributed by atoms with Gasteiger partial charge < -0.3 is 4.43 Å². The minimum atomic E-state index is -0.165. The van der Waals surface area contributed by atoms with Crippen molar-refractivity contribution in [2.75, 3.05) is 6.61 Å². The zero-order chi connectivity index (χ0) is 6.41. The Morgan fingerprint density at radius 2 is 2.12 bits per heavy atom. The second kappa shape index (κ2) is 5.32. The molecule has 0 atom stereocenters. The van der Waals surface area contributed by atoms with Crippen molar-refractivity contribution in [3.63, 3.8) is 0 Å². The molecule has 50 valence electrons. The Bertz CT molecular complexity index is 45.8. The van der Waals surface area contributed by atoms with Gasteiger partial charge in [-0.25, -0.2) is 0 Å². The summed E-state index contributed by atoms with van der Waals surface area (Å²) in [5.41, 5.74) is 0.821. The molecule has 0 heterocycles. The Balaban J connectivity index is 2.72. The van der Waals surface area contributed by atoms with Crippen LogP contribution >= 0.6 is 0 Å². The smallest absolute Gasteiger partial charge is 0.164 e. The monoisotopic (exact) mass is 132 g/mol. The minimum Gasteiger partial charge on any atom is -0.424 e. The fraction of sp³-hybridized carbons (Fsp3) is 1.00. The van der Waals surface area contributed by atoms with Crippen LogP contribution < -0.4 is 0 Å². The van der Waals surface area contributed by atoms with E-state index >= 15 is 0 Å². The third-order valence-electron chi connectivity index (χ3n) is 0.800. The Kier molecular flexibility index (Phi) is 5.43. The summed E-state index contributed by atoms with van der Waals surface area (Å²) in [4.78, 5) is 0. The average Bonchev–Trinajstić information content (AvgIpc) is 1.66. The zero-order valence-electron chi connectivity index (χ0n) is 6.11. The lowest BCUT2D eigenvalue weighted by molar-refractivity contribution is 0.330. The molecule has 0 saturated carbocycles. The van der Waals surface area contributed by atoms with Crippen LogP contribution in [0.1, 0.15) is 27.2 Å². The van der Waals surface area contributed by atoms with Gasteiger partial charge in [0.2, 0.25) is 0 Å². The van der Waals surface area contributed by atoms with Crippen LogP contribution in [-0.4, -0.2) is 16.4 Å². The normalized spacial score (nSPS) is 12.0. The van der Waals surface area contributed by atoms with Gasteiger partial charge in [-0.3, -0.25) is 0 Å². The van der Waals surface area contributed by atoms with E-state index in [0.717, 1.165) is 12.1 Å². The summed E-state index contributed by atoms with van der Waals surface area (Å²) in [6.45, 7) is 7.57. The van der Waals surface area contributed by atoms with E-state index in [9.17, 15) is 0 Å². The second-order valence-corrected chi connectivity index (χ2v) is 4.84. The molecule has 0 N–H and O–H groups in total. The van der Waals surface area contributed by atoms with Crippen LogP contribution in [0.4, 0.5) is 0 Å². The summed E-state index contributed by atoms with van der Waals surface area (Å²) >= 11 is 0. The van der Waals surface area contributed by atoms with Crippen LogP contribution in [0.15, 0.2) is 0 Å². The van der Waals surface area contributed by atoms with Gasteiger partial charge in [0.1, 0.15) is 0 Å². The Labute approximate surface area is 54.4 Å². The van der Waals surface area contributed by atoms with Gasteiger partial charge in [0.05, 0.1) is 0 Å². The molecule has 0 aliphatic carbocycles. The van der Waals surface area contributed by atoms with Crippen LogP contribution in [0, 0.1) is 0 Å². The van der Waals surface area contributed by atoms with Gasteiger partial charge in [-0.15, -0.1) is 0 Å². The van der Waals surface area contributed by atoms with Crippen molar-refractivity contribution in [3.05, 3.63) is 0 Å². The third kappa shape index (κ3) is 6.18. The third-order valence-corrected chi connectivity index (χ3v) is 1.99. The van der Waals surface area contributed by atoms with Gasteiger partial charge in [0.25, 0.3) is 0 Å². The van der Waals surface area contributed by atoms with Gasteiger partial charge in [0, 0.05) is 6.61 Å². The Morgan fingerprint density at radius 1 is 1.50 bits per heavy atom. The molecule has 0 radical (unpaired) electrons. The highest BCUT2D eigenvalue weighted by Gasteiger charge is 1.91. The van der Waals surface area contributed by atoms with E-state index in [1.807, 2.05) is 0 Å². The van der Waals surface area contributed by atoms with Crippen LogP contribution in [-0.2, 0) is 4.43 Å². The van der Waals surface area contributed by atoms with Gasteiger partial charge in [-0.2, -0.15) is 0 Å². The standard InChI is InChI=1S/C6H16OSi/c1-4-5-7-8-6(2)3/h6H,4-5,8H2,1-3H3. The Hall–Kier alpha value is 0.177. The van der Waals surface area contributed by atoms with Gasteiger partial charge in [0.15, 0.2) is 9.76 Å². The number of hydrogen-bond acceptors (Lipinski definition) is 1. The van der Waals surface area contributed by atoms with Crippen molar-refractivity contribution in [2.45, 2.75) is 32.7 Å². The number of rotatable bonds is 4. The molecule has 0 aliphatic rings. The molecule has 0 unspecified atom stereocenters. The minimum absolute atomic E-state index is 0.165. The molecule has 1 nitrogen and oxygen atoms in total. The number of hydrogen-bond donors (Lipinski definition) is 0. The summed E-state index contributed by atoms with van der Waals surface area (Å²) in [6, 6.07) is 0. The second-order valence-electron chi connectivity index (χ2n) is 2.47. The lowest BCUT2D eigenvalue weighted by atomic mass is 10.5. The topological polar surface area (TPSA) is 9.23 Å². The van der Waals surface area contributed by atoms with Gasteiger partial charge >= 0.3 is 0 Å². The highest BCUT2D eigenvalue weighted by Crippen LogP contribution is 1.96. The maximum absolute atomic E-state index is 5.38. The first-order valence-electron chi connectivity index (χ1n) is 3.35. The van der Waals surface area contributed by atoms with Crippen molar-refractivity contribution in [1.82, 2.24) is 0 Å². The van der Waals surface area contributed by atoms with Gasteiger partial charge in [-0.05, 0) is 12.0 Å². The molecule has 0 saturated heterocycles. The van der Waals surface area contributed by atoms with E-state index in [0.29, 0.717) is 0 Å². The van der Waals surface area contributed by atoms with Crippen molar-refractivity contribution < 1.29 is 4.43 Å². The predicted octanol–water partition coefficient (Wildman–Crippen LogP) is 1.33. The van der Waals surface area contributed by atoms with Crippen molar-refractivity contribution in [3.8, 4) is 0 Å². The molecule has 0 aromatic carbocycles. The van der Waals surface area contributed by atoms with Crippen molar-refractivity contribution >= 4 is 9.76 Å². The molecule has 0 aromatic heterocycles. The van der Waals surface area contributed by atoms with E-state index in [-0.39, 0.29) is 9.76 Å². The quantitative estimate of drug-likeness (QED) is 0.414. The van der Waals surface area contributed by atoms with Crippen LogP contribution in [0.25, 0.3) is 0 Å². The summed E-state index contributed by atoms with van der Waals surface area (Å²) < 4.78 is 5.38. The fourth-order valence-electron chi connectivity index (χ4n) is 0.463.